The Bertz CT molecular complexity index is 527. The lowest BCUT2D eigenvalue weighted by Crippen LogP contribution is -2.32. The smallest absolute Gasteiger partial charge is 0.319 e. The summed E-state index contributed by atoms with van der Waals surface area (Å²) < 4.78 is 0. The Morgan fingerprint density at radius 3 is 2.41 bits per heavy atom. The van der Waals surface area contributed by atoms with Gasteiger partial charge >= 0.3 is 6.03 Å². The molecule has 22 heavy (non-hydrogen) atoms. The first-order valence-corrected chi connectivity index (χ1v) is 7.79. The topological polar surface area (TPSA) is 70.2 Å². The minimum atomic E-state index is -0.228. The van der Waals surface area contributed by atoms with Crippen LogP contribution in [0.4, 0.5) is 10.5 Å². The predicted octanol–water partition coefficient (Wildman–Crippen LogP) is 3.30. The Balaban J connectivity index is 2.69. The van der Waals surface area contributed by atoms with Crippen molar-refractivity contribution in [3.8, 4) is 0 Å². The first kappa shape index (κ1) is 18.0. The number of aryl methyl sites for hydroxylation is 1. The van der Waals surface area contributed by atoms with Gasteiger partial charge in [-0.3, -0.25) is 4.79 Å². The van der Waals surface area contributed by atoms with Crippen LogP contribution in [0.25, 0.3) is 0 Å². The summed E-state index contributed by atoms with van der Waals surface area (Å²) in [5.41, 5.74) is 2.17. The van der Waals surface area contributed by atoms with Gasteiger partial charge in [-0.05, 0) is 49.9 Å². The molecule has 0 heterocycles. The van der Waals surface area contributed by atoms with E-state index in [0.29, 0.717) is 23.7 Å². The molecule has 3 amide bonds. The second kappa shape index (κ2) is 8.41. The molecule has 0 aliphatic rings. The van der Waals surface area contributed by atoms with Crippen LogP contribution >= 0.6 is 0 Å². The average molecular weight is 305 g/mol. The molecule has 0 aliphatic heterocycles. The molecule has 5 nitrogen and oxygen atoms in total. The van der Waals surface area contributed by atoms with Crippen molar-refractivity contribution in [3.63, 3.8) is 0 Å². The fourth-order valence-corrected chi connectivity index (χ4v) is 1.82. The van der Waals surface area contributed by atoms with E-state index in [1.165, 1.54) is 0 Å². The third kappa shape index (κ3) is 5.76. The van der Waals surface area contributed by atoms with Crippen molar-refractivity contribution in [1.82, 2.24) is 10.6 Å². The Labute approximate surface area is 132 Å². The zero-order valence-corrected chi connectivity index (χ0v) is 14.1. The molecule has 1 rings (SSSR count). The highest BCUT2D eigenvalue weighted by atomic mass is 16.2. The first-order valence-electron chi connectivity index (χ1n) is 7.79. The van der Waals surface area contributed by atoms with E-state index in [9.17, 15) is 9.59 Å². The quantitative estimate of drug-likeness (QED) is 0.754. The largest absolute Gasteiger partial charge is 0.350 e. The maximum Gasteiger partial charge on any atom is 0.319 e. The molecule has 122 valence electrons. The molecular formula is C17H27N3O2. The molecule has 0 aromatic heterocycles. The summed E-state index contributed by atoms with van der Waals surface area (Å²) in [6.45, 7) is 10.6. The zero-order chi connectivity index (χ0) is 16.7. The Kier molecular flexibility index (Phi) is 6.89. The van der Waals surface area contributed by atoms with Gasteiger partial charge in [0.2, 0.25) is 0 Å². The van der Waals surface area contributed by atoms with Crippen LogP contribution < -0.4 is 16.0 Å². The highest BCUT2D eigenvalue weighted by molar-refractivity contribution is 5.96. The Morgan fingerprint density at radius 2 is 1.86 bits per heavy atom. The number of carbonyl (C=O) groups is 2. The number of rotatable bonds is 6. The van der Waals surface area contributed by atoms with E-state index in [4.69, 9.17) is 0 Å². The van der Waals surface area contributed by atoms with Gasteiger partial charge in [-0.2, -0.15) is 0 Å². The summed E-state index contributed by atoms with van der Waals surface area (Å²) in [6.07, 6.45) is 0.889. The third-order valence-corrected chi connectivity index (χ3v) is 3.40. The molecule has 3 N–H and O–H groups in total. The second-order valence-corrected chi connectivity index (χ2v) is 6.04. The van der Waals surface area contributed by atoms with Crippen molar-refractivity contribution in [2.24, 2.45) is 5.92 Å². The molecule has 1 aromatic rings. The van der Waals surface area contributed by atoms with Crippen LogP contribution in [0.1, 0.15) is 50.0 Å². The van der Waals surface area contributed by atoms with Crippen LogP contribution in [0.3, 0.4) is 0 Å². The molecule has 0 bridgehead atoms. The average Bonchev–Trinajstić information content (AvgIpc) is 2.46. The summed E-state index contributed by atoms with van der Waals surface area (Å²) in [4.78, 5) is 23.8. The second-order valence-electron chi connectivity index (χ2n) is 6.04. The summed E-state index contributed by atoms with van der Waals surface area (Å²) >= 11 is 0. The van der Waals surface area contributed by atoms with E-state index in [1.54, 1.807) is 18.2 Å². The lowest BCUT2D eigenvalue weighted by atomic mass is 10.1. The van der Waals surface area contributed by atoms with Crippen molar-refractivity contribution in [3.05, 3.63) is 29.3 Å². The fraction of sp³-hybridized carbons (Fsp3) is 0.529. The molecule has 1 atom stereocenters. The summed E-state index contributed by atoms with van der Waals surface area (Å²) in [7, 11) is 0. The number of nitrogens with one attached hydrogen (secondary N) is 3. The molecule has 0 saturated carbocycles. The van der Waals surface area contributed by atoms with Gasteiger partial charge in [0, 0.05) is 23.8 Å². The number of hydrogen-bond donors (Lipinski definition) is 3. The maximum atomic E-state index is 12.1. The Morgan fingerprint density at radius 1 is 1.18 bits per heavy atom. The van der Waals surface area contributed by atoms with Crippen LogP contribution in [-0.4, -0.2) is 24.5 Å². The lowest BCUT2D eigenvalue weighted by Gasteiger charge is -2.14. The predicted molar refractivity (Wildman–Crippen MR) is 90.3 cm³/mol. The van der Waals surface area contributed by atoms with Crippen LogP contribution in [0, 0.1) is 12.8 Å². The van der Waals surface area contributed by atoms with Gasteiger partial charge in [-0.1, -0.05) is 20.8 Å². The molecule has 5 heteroatoms. The van der Waals surface area contributed by atoms with Crippen molar-refractivity contribution >= 4 is 17.6 Å². The van der Waals surface area contributed by atoms with Gasteiger partial charge in [0.1, 0.15) is 0 Å². The van der Waals surface area contributed by atoms with Gasteiger partial charge in [0.05, 0.1) is 0 Å². The molecule has 0 radical (unpaired) electrons. The Hall–Kier alpha value is -2.04. The van der Waals surface area contributed by atoms with E-state index < -0.39 is 0 Å². The van der Waals surface area contributed by atoms with E-state index in [0.717, 1.165) is 12.0 Å². The molecule has 0 aliphatic carbocycles. The third-order valence-electron chi connectivity index (χ3n) is 3.40. The SMILES string of the molecule is CCC(C)NC(=O)c1ccc(NC(=O)NCC(C)C)c(C)c1. The van der Waals surface area contributed by atoms with E-state index in [2.05, 4.69) is 16.0 Å². The van der Waals surface area contributed by atoms with Crippen molar-refractivity contribution in [1.29, 1.82) is 0 Å². The van der Waals surface area contributed by atoms with Gasteiger partial charge in [-0.25, -0.2) is 4.79 Å². The fourth-order valence-electron chi connectivity index (χ4n) is 1.82. The first-order chi connectivity index (χ1) is 10.3. The monoisotopic (exact) mass is 305 g/mol. The van der Waals surface area contributed by atoms with Crippen molar-refractivity contribution in [2.45, 2.75) is 47.1 Å². The molecule has 1 unspecified atom stereocenters. The van der Waals surface area contributed by atoms with Gasteiger partial charge < -0.3 is 16.0 Å². The van der Waals surface area contributed by atoms with E-state index in [1.807, 2.05) is 34.6 Å². The van der Waals surface area contributed by atoms with Crippen LogP contribution in [-0.2, 0) is 0 Å². The minimum absolute atomic E-state index is 0.0896. The normalized spacial score (nSPS) is 11.9. The highest BCUT2D eigenvalue weighted by Gasteiger charge is 2.11. The standard InChI is InChI=1S/C17H27N3O2/c1-6-13(5)19-16(21)14-7-8-15(12(4)9-14)20-17(22)18-10-11(2)3/h7-9,11,13H,6,10H2,1-5H3,(H,19,21)(H2,18,20,22). The highest BCUT2D eigenvalue weighted by Crippen LogP contribution is 2.16. The maximum absolute atomic E-state index is 12.1. The molecular weight excluding hydrogens is 278 g/mol. The lowest BCUT2D eigenvalue weighted by molar-refractivity contribution is 0.0939. The van der Waals surface area contributed by atoms with E-state index >= 15 is 0 Å². The number of hydrogen-bond acceptors (Lipinski definition) is 2. The molecule has 0 spiro atoms. The van der Waals surface area contributed by atoms with Gasteiger partial charge in [0.25, 0.3) is 5.91 Å². The summed E-state index contributed by atoms with van der Waals surface area (Å²) in [5.74, 6) is 0.312. The summed E-state index contributed by atoms with van der Waals surface area (Å²) in [6, 6.07) is 5.19. The van der Waals surface area contributed by atoms with Crippen molar-refractivity contribution < 1.29 is 9.59 Å². The zero-order valence-electron chi connectivity index (χ0n) is 14.1. The van der Waals surface area contributed by atoms with Crippen LogP contribution in [0.15, 0.2) is 18.2 Å². The summed E-state index contributed by atoms with van der Waals surface area (Å²) in [5, 5.41) is 8.53. The van der Waals surface area contributed by atoms with Crippen LogP contribution in [0.2, 0.25) is 0 Å². The van der Waals surface area contributed by atoms with Crippen LogP contribution in [0.5, 0.6) is 0 Å². The minimum Gasteiger partial charge on any atom is -0.350 e. The number of carbonyl (C=O) groups excluding carboxylic acids is 2. The van der Waals surface area contributed by atoms with Crippen molar-refractivity contribution in [2.75, 3.05) is 11.9 Å². The van der Waals surface area contributed by atoms with Gasteiger partial charge in [0.15, 0.2) is 0 Å². The molecule has 1 aromatic carbocycles. The van der Waals surface area contributed by atoms with E-state index in [-0.39, 0.29) is 18.0 Å². The molecule has 0 saturated heterocycles. The number of anilines is 1. The number of urea groups is 1. The number of benzene rings is 1. The number of amides is 3. The van der Waals surface area contributed by atoms with Gasteiger partial charge in [-0.15, -0.1) is 0 Å². The molecule has 0 fully saturated rings.